The van der Waals surface area contributed by atoms with Crippen LogP contribution in [0.15, 0.2) is 40.7 Å². The number of halogens is 1. The zero-order chi connectivity index (χ0) is 18.4. The topological polar surface area (TPSA) is 69.6 Å². The molecule has 1 aromatic heterocycles. The molecule has 1 aliphatic heterocycles. The number of aromatic nitrogens is 1. The van der Waals surface area contributed by atoms with Gasteiger partial charge in [-0.25, -0.2) is 4.98 Å². The van der Waals surface area contributed by atoms with E-state index >= 15 is 0 Å². The molecular formula is C19H26IN5OS. The van der Waals surface area contributed by atoms with Crippen molar-refractivity contribution in [1.82, 2.24) is 20.5 Å². The number of benzene rings is 1. The molecule has 0 aliphatic carbocycles. The summed E-state index contributed by atoms with van der Waals surface area (Å²) in [5.41, 5.74) is 2.13. The largest absolute Gasteiger partial charge is 0.352 e. The molecule has 1 saturated heterocycles. The van der Waals surface area contributed by atoms with Gasteiger partial charge in [0.15, 0.2) is 5.96 Å². The Morgan fingerprint density at radius 1 is 1.37 bits per heavy atom. The number of nitrogens with zero attached hydrogens (tertiary/aromatic N) is 3. The summed E-state index contributed by atoms with van der Waals surface area (Å²) in [6.07, 6.45) is 1.51. The lowest BCUT2D eigenvalue weighted by molar-refractivity contribution is -0.129. The number of hydrogen-bond acceptors (Lipinski definition) is 4. The minimum atomic E-state index is 0. The van der Waals surface area contributed by atoms with Gasteiger partial charge in [0, 0.05) is 43.5 Å². The minimum Gasteiger partial charge on any atom is -0.352 e. The van der Waals surface area contributed by atoms with E-state index in [9.17, 15) is 4.79 Å². The third-order valence-corrected chi connectivity index (χ3v) is 5.29. The lowest BCUT2D eigenvalue weighted by atomic mass is 10.2. The molecule has 0 spiro atoms. The molecule has 0 saturated carbocycles. The molecule has 1 aromatic carbocycles. The van der Waals surface area contributed by atoms with E-state index in [1.165, 1.54) is 0 Å². The Kier molecular flexibility index (Phi) is 8.49. The molecule has 1 amide bonds. The van der Waals surface area contributed by atoms with Crippen molar-refractivity contribution in [2.75, 3.05) is 20.1 Å². The predicted octanol–water partition coefficient (Wildman–Crippen LogP) is 3.10. The summed E-state index contributed by atoms with van der Waals surface area (Å²) in [5, 5.41) is 9.82. The number of carbonyl (C=O) groups excluding carboxylic acids is 1. The van der Waals surface area contributed by atoms with E-state index in [2.05, 4.69) is 38.1 Å². The molecule has 2 aromatic rings. The zero-order valence-corrected chi connectivity index (χ0v) is 18.8. The molecule has 1 unspecified atom stereocenters. The summed E-state index contributed by atoms with van der Waals surface area (Å²) in [4.78, 5) is 22.7. The van der Waals surface area contributed by atoms with Crippen LogP contribution in [0.5, 0.6) is 0 Å². The van der Waals surface area contributed by atoms with Gasteiger partial charge < -0.3 is 15.5 Å². The molecule has 1 fully saturated rings. The number of amides is 1. The van der Waals surface area contributed by atoms with Crippen molar-refractivity contribution in [3.8, 4) is 11.3 Å². The summed E-state index contributed by atoms with van der Waals surface area (Å²) in [6, 6.07) is 10.4. The lowest BCUT2D eigenvalue weighted by Gasteiger charge is -2.18. The molecule has 27 heavy (non-hydrogen) atoms. The maximum absolute atomic E-state index is 11.8. The average molecular weight is 499 g/mol. The second-order valence-corrected chi connectivity index (χ2v) is 7.18. The van der Waals surface area contributed by atoms with E-state index in [1.54, 1.807) is 18.4 Å². The van der Waals surface area contributed by atoms with Gasteiger partial charge in [0.05, 0.1) is 12.2 Å². The third-order valence-electron chi connectivity index (χ3n) is 4.44. The standard InChI is InChI=1S/C19H25N5OS.HI/c1-3-18(25)24-10-9-15(12-24)22-19(20-2)21-11-17-23-16(13-26-17)14-7-5-4-6-8-14;/h4-8,13,15H,3,9-12H2,1-2H3,(H2,20,21,22);1H. The van der Waals surface area contributed by atoms with Crippen LogP contribution >= 0.6 is 35.3 Å². The Morgan fingerprint density at radius 2 is 2.15 bits per heavy atom. The first kappa shape index (κ1) is 21.6. The molecule has 6 nitrogen and oxygen atoms in total. The van der Waals surface area contributed by atoms with Gasteiger partial charge >= 0.3 is 0 Å². The van der Waals surface area contributed by atoms with Crippen LogP contribution in [0.25, 0.3) is 11.3 Å². The summed E-state index contributed by atoms with van der Waals surface area (Å²) >= 11 is 1.64. The van der Waals surface area contributed by atoms with Gasteiger partial charge in [-0.15, -0.1) is 35.3 Å². The number of guanidine groups is 1. The summed E-state index contributed by atoms with van der Waals surface area (Å²) in [6.45, 7) is 4.08. The van der Waals surface area contributed by atoms with Gasteiger partial charge in [0.2, 0.25) is 5.91 Å². The highest BCUT2D eigenvalue weighted by molar-refractivity contribution is 14.0. The highest BCUT2D eigenvalue weighted by Crippen LogP contribution is 2.21. The number of nitrogens with one attached hydrogen (secondary N) is 2. The highest BCUT2D eigenvalue weighted by atomic mass is 127. The number of likely N-dealkylation sites (tertiary alicyclic amines) is 1. The summed E-state index contributed by atoms with van der Waals surface area (Å²) in [7, 11) is 1.76. The van der Waals surface area contributed by atoms with E-state index in [4.69, 9.17) is 0 Å². The van der Waals surface area contributed by atoms with Gasteiger partial charge in [0.1, 0.15) is 5.01 Å². The number of hydrogen-bond donors (Lipinski definition) is 2. The Balaban J connectivity index is 0.00000261. The van der Waals surface area contributed by atoms with E-state index in [1.807, 2.05) is 30.0 Å². The normalized spacial score (nSPS) is 16.7. The second kappa shape index (κ2) is 10.6. The molecule has 8 heteroatoms. The van der Waals surface area contributed by atoms with Crippen LogP contribution in [0.3, 0.4) is 0 Å². The minimum absolute atomic E-state index is 0. The molecule has 1 aliphatic rings. The van der Waals surface area contributed by atoms with Crippen molar-refractivity contribution in [1.29, 1.82) is 0 Å². The van der Waals surface area contributed by atoms with Crippen molar-refractivity contribution in [3.63, 3.8) is 0 Å². The first-order valence-corrected chi connectivity index (χ1v) is 9.82. The van der Waals surface area contributed by atoms with E-state index in [-0.39, 0.29) is 35.9 Å². The molecule has 0 radical (unpaired) electrons. The second-order valence-electron chi connectivity index (χ2n) is 6.24. The number of thiazole rings is 1. The fourth-order valence-corrected chi connectivity index (χ4v) is 3.75. The van der Waals surface area contributed by atoms with E-state index in [0.717, 1.165) is 41.7 Å². The van der Waals surface area contributed by atoms with E-state index in [0.29, 0.717) is 13.0 Å². The van der Waals surface area contributed by atoms with Crippen LogP contribution in [-0.2, 0) is 11.3 Å². The fourth-order valence-electron chi connectivity index (χ4n) is 3.01. The Bertz CT molecular complexity index is 764. The SMILES string of the molecule is CCC(=O)N1CCC(NC(=NC)NCc2nc(-c3ccccc3)cs2)C1.I. The smallest absolute Gasteiger partial charge is 0.222 e. The molecule has 0 bridgehead atoms. The molecule has 2 heterocycles. The van der Waals surface area contributed by atoms with Crippen LogP contribution in [0.2, 0.25) is 0 Å². The Hall–Kier alpha value is -1.68. The first-order chi connectivity index (χ1) is 12.7. The summed E-state index contributed by atoms with van der Waals surface area (Å²) < 4.78 is 0. The van der Waals surface area contributed by atoms with Crippen LogP contribution in [0.1, 0.15) is 24.8 Å². The number of carbonyl (C=O) groups is 1. The van der Waals surface area contributed by atoms with Crippen molar-refractivity contribution >= 4 is 47.2 Å². The zero-order valence-electron chi connectivity index (χ0n) is 15.6. The van der Waals surface area contributed by atoms with Gasteiger partial charge in [-0.2, -0.15) is 0 Å². The van der Waals surface area contributed by atoms with Gasteiger partial charge in [0.25, 0.3) is 0 Å². The number of rotatable bonds is 5. The maximum Gasteiger partial charge on any atom is 0.222 e. The maximum atomic E-state index is 11.8. The summed E-state index contributed by atoms with van der Waals surface area (Å²) in [5.74, 6) is 0.964. The van der Waals surface area contributed by atoms with Crippen molar-refractivity contribution in [2.24, 2.45) is 4.99 Å². The molecule has 1 atom stereocenters. The molecule has 146 valence electrons. The van der Waals surface area contributed by atoms with Crippen LogP contribution < -0.4 is 10.6 Å². The van der Waals surface area contributed by atoms with Crippen LogP contribution in [0.4, 0.5) is 0 Å². The third kappa shape index (κ3) is 5.90. The van der Waals surface area contributed by atoms with Crippen molar-refractivity contribution < 1.29 is 4.79 Å². The highest BCUT2D eigenvalue weighted by Gasteiger charge is 2.25. The fraction of sp³-hybridized carbons (Fsp3) is 0.421. The quantitative estimate of drug-likeness (QED) is 0.377. The van der Waals surface area contributed by atoms with E-state index < -0.39 is 0 Å². The molecular weight excluding hydrogens is 473 g/mol. The Labute approximate surface area is 181 Å². The van der Waals surface area contributed by atoms with Crippen LogP contribution in [-0.4, -0.2) is 47.9 Å². The molecule has 2 N–H and O–H groups in total. The van der Waals surface area contributed by atoms with Gasteiger partial charge in [-0.1, -0.05) is 37.3 Å². The van der Waals surface area contributed by atoms with Gasteiger partial charge in [-0.3, -0.25) is 9.79 Å². The first-order valence-electron chi connectivity index (χ1n) is 8.94. The van der Waals surface area contributed by atoms with Crippen molar-refractivity contribution in [3.05, 3.63) is 40.7 Å². The average Bonchev–Trinajstić information content (AvgIpc) is 3.35. The lowest BCUT2D eigenvalue weighted by Crippen LogP contribution is -2.44. The predicted molar refractivity (Wildman–Crippen MR) is 122 cm³/mol. The Morgan fingerprint density at radius 3 is 2.85 bits per heavy atom. The van der Waals surface area contributed by atoms with Gasteiger partial charge in [-0.05, 0) is 6.42 Å². The van der Waals surface area contributed by atoms with Crippen LogP contribution in [0, 0.1) is 0 Å². The number of aliphatic imine (C=N–C) groups is 1. The molecule has 3 rings (SSSR count). The van der Waals surface area contributed by atoms with Crippen molar-refractivity contribution in [2.45, 2.75) is 32.4 Å². The monoisotopic (exact) mass is 499 g/mol.